The van der Waals surface area contributed by atoms with Crippen LogP contribution in [0, 0.1) is 0 Å². The fourth-order valence-electron chi connectivity index (χ4n) is 2.29. The molecule has 1 fully saturated rings. The van der Waals surface area contributed by atoms with Gasteiger partial charge in [0.1, 0.15) is 6.04 Å². The molecule has 1 aromatic carbocycles. The van der Waals surface area contributed by atoms with Crippen molar-refractivity contribution in [3.05, 3.63) is 27.1 Å². The molecule has 0 spiro atoms. The molecule has 1 N–H and O–H groups in total. The highest BCUT2D eigenvalue weighted by atomic mass is 79.9. The molecule has 2 amide bonds. The third-order valence-electron chi connectivity index (χ3n) is 3.49. The highest BCUT2D eigenvalue weighted by Gasteiger charge is 2.41. The lowest BCUT2D eigenvalue weighted by molar-refractivity contribution is -0.150. The number of phenolic OH excluding ortho intramolecular Hbond substituents is 1. The first-order valence-electron chi connectivity index (χ1n) is 7.89. The van der Waals surface area contributed by atoms with E-state index in [0.717, 1.165) is 4.90 Å². The molecule has 0 aromatic heterocycles. The van der Waals surface area contributed by atoms with E-state index in [4.69, 9.17) is 9.47 Å². The van der Waals surface area contributed by atoms with Gasteiger partial charge in [-0.15, -0.1) is 0 Å². The van der Waals surface area contributed by atoms with Crippen LogP contribution >= 0.6 is 27.7 Å². The van der Waals surface area contributed by atoms with E-state index >= 15 is 0 Å². The van der Waals surface area contributed by atoms with Crippen LogP contribution in [0.5, 0.6) is 11.5 Å². The first-order chi connectivity index (χ1) is 12.3. The van der Waals surface area contributed by atoms with Crippen LogP contribution in [0.15, 0.2) is 21.5 Å². The topological polar surface area (TPSA) is 93.1 Å². The SMILES string of the molecule is CCOC(=O)C(C)N1C(=O)SC(=Cc2cc(Br)cc(OCC)c2O)C1=O. The second kappa shape index (κ2) is 8.59. The predicted octanol–water partition coefficient (Wildman–Crippen LogP) is 3.54. The number of carbonyl (C=O) groups is 3. The number of ether oxygens (including phenoxy) is 2. The minimum Gasteiger partial charge on any atom is -0.504 e. The van der Waals surface area contributed by atoms with E-state index in [1.54, 1.807) is 26.0 Å². The number of nitrogens with zero attached hydrogens (tertiary/aromatic N) is 1. The molecule has 1 aliphatic heterocycles. The van der Waals surface area contributed by atoms with Gasteiger partial charge in [-0.3, -0.25) is 14.5 Å². The smallest absolute Gasteiger partial charge is 0.329 e. The lowest BCUT2D eigenvalue weighted by Crippen LogP contribution is -2.42. The summed E-state index contributed by atoms with van der Waals surface area (Å²) in [6.07, 6.45) is 1.39. The van der Waals surface area contributed by atoms with E-state index in [-0.39, 0.29) is 23.0 Å². The van der Waals surface area contributed by atoms with Crippen molar-refractivity contribution in [2.75, 3.05) is 13.2 Å². The van der Waals surface area contributed by atoms with E-state index in [9.17, 15) is 19.5 Å². The quantitative estimate of drug-likeness (QED) is 0.530. The van der Waals surface area contributed by atoms with Gasteiger partial charge in [-0.2, -0.15) is 0 Å². The standard InChI is InChI=1S/C17H18BrNO6S/c1-4-24-12-8-11(18)6-10(14(12)20)7-13-15(21)19(17(23)26-13)9(3)16(22)25-5-2/h6-9,20H,4-5H2,1-3H3. The minimum absolute atomic E-state index is 0.0991. The number of phenols is 1. The van der Waals surface area contributed by atoms with Gasteiger partial charge in [0.2, 0.25) is 0 Å². The molecule has 1 aliphatic rings. The summed E-state index contributed by atoms with van der Waals surface area (Å²) in [6, 6.07) is 2.18. The predicted molar refractivity (Wildman–Crippen MR) is 101 cm³/mol. The van der Waals surface area contributed by atoms with Crippen LogP contribution in [-0.2, 0) is 14.3 Å². The summed E-state index contributed by atoms with van der Waals surface area (Å²) >= 11 is 4.01. The molecular weight excluding hydrogens is 426 g/mol. The van der Waals surface area contributed by atoms with Crippen LogP contribution in [0.2, 0.25) is 0 Å². The maximum atomic E-state index is 12.6. The largest absolute Gasteiger partial charge is 0.504 e. The summed E-state index contributed by atoms with van der Waals surface area (Å²) in [6.45, 7) is 5.37. The van der Waals surface area contributed by atoms with E-state index in [0.29, 0.717) is 28.4 Å². The number of hydrogen-bond donors (Lipinski definition) is 1. The number of amides is 2. The number of benzene rings is 1. The number of halogens is 1. The summed E-state index contributed by atoms with van der Waals surface area (Å²) in [5.74, 6) is -1.15. The second-order valence-electron chi connectivity index (χ2n) is 5.25. The molecule has 7 nitrogen and oxygen atoms in total. The van der Waals surface area contributed by atoms with Gasteiger partial charge in [-0.05, 0) is 50.7 Å². The van der Waals surface area contributed by atoms with Gasteiger partial charge in [0.15, 0.2) is 11.5 Å². The Kier molecular flexibility index (Phi) is 6.71. The summed E-state index contributed by atoms with van der Waals surface area (Å²) in [5.41, 5.74) is 0.317. The lowest BCUT2D eigenvalue weighted by Gasteiger charge is -2.19. The van der Waals surface area contributed by atoms with Gasteiger partial charge in [0, 0.05) is 10.0 Å². The molecule has 0 radical (unpaired) electrons. The van der Waals surface area contributed by atoms with E-state index < -0.39 is 23.2 Å². The monoisotopic (exact) mass is 443 g/mol. The van der Waals surface area contributed by atoms with Gasteiger partial charge in [0.25, 0.3) is 11.1 Å². The van der Waals surface area contributed by atoms with Crippen molar-refractivity contribution in [1.82, 2.24) is 4.90 Å². The van der Waals surface area contributed by atoms with Crippen molar-refractivity contribution in [2.45, 2.75) is 26.8 Å². The average molecular weight is 444 g/mol. The van der Waals surface area contributed by atoms with E-state index in [2.05, 4.69) is 15.9 Å². The summed E-state index contributed by atoms with van der Waals surface area (Å²) in [4.78, 5) is 37.5. The molecule has 9 heteroatoms. The Labute approximate surface area is 163 Å². The number of thioether (sulfide) groups is 1. The fourth-order valence-corrected chi connectivity index (χ4v) is 3.65. The zero-order valence-electron chi connectivity index (χ0n) is 14.4. The first-order valence-corrected chi connectivity index (χ1v) is 9.50. The summed E-state index contributed by atoms with van der Waals surface area (Å²) in [5, 5.41) is 9.74. The van der Waals surface area contributed by atoms with Gasteiger partial charge in [0.05, 0.1) is 18.1 Å². The zero-order chi connectivity index (χ0) is 19.4. The van der Waals surface area contributed by atoms with Crippen molar-refractivity contribution in [3.63, 3.8) is 0 Å². The van der Waals surface area contributed by atoms with Crippen LogP contribution in [0.25, 0.3) is 6.08 Å². The molecule has 0 aliphatic carbocycles. The molecule has 2 rings (SSSR count). The number of esters is 1. The summed E-state index contributed by atoms with van der Waals surface area (Å²) in [7, 11) is 0. The van der Waals surface area contributed by atoms with E-state index in [1.165, 1.54) is 13.0 Å². The van der Waals surface area contributed by atoms with Gasteiger partial charge >= 0.3 is 5.97 Å². The Morgan fingerprint density at radius 1 is 1.35 bits per heavy atom. The van der Waals surface area contributed by atoms with Crippen molar-refractivity contribution in [3.8, 4) is 11.5 Å². The molecule has 140 valence electrons. The highest BCUT2D eigenvalue weighted by molar-refractivity contribution is 9.10. The maximum absolute atomic E-state index is 12.6. The van der Waals surface area contributed by atoms with Crippen molar-refractivity contribution < 1.29 is 29.0 Å². The zero-order valence-corrected chi connectivity index (χ0v) is 16.8. The molecule has 1 unspecified atom stereocenters. The Morgan fingerprint density at radius 2 is 2.04 bits per heavy atom. The third-order valence-corrected chi connectivity index (χ3v) is 4.84. The molecule has 1 atom stereocenters. The molecule has 0 saturated carbocycles. The number of hydrogen-bond acceptors (Lipinski definition) is 7. The molecule has 0 bridgehead atoms. The Morgan fingerprint density at radius 3 is 2.65 bits per heavy atom. The maximum Gasteiger partial charge on any atom is 0.329 e. The van der Waals surface area contributed by atoms with Crippen molar-refractivity contribution in [2.24, 2.45) is 0 Å². The van der Waals surface area contributed by atoms with Crippen molar-refractivity contribution >= 4 is 50.9 Å². The summed E-state index contributed by atoms with van der Waals surface area (Å²) < 4.78 is 10.9. The highest BCUT2D eigenvalue weighted by Crippen LogP contribution is 2.39. The van der Waals surface area contributed by atoms with Crippen LogP contribution in [-0.4, -0.2) is 46.4 Å². The van der Waals surface area contributed by atoms with E-state index in [1.807, 2.05) is 0 Å². The average Bonchev–Trinajstić information content (AvgIpc) is 2.85. The van der Waals surface area contributed by atoms with Crippen molar-refractivity contribution in [1.29, 1.82) is 0 Å². The van der Waals surface area contributed by atoms with Crippen LogP contribution in [0.4, 0.5) is 4.79 Å². The van der Waals surface area contributed by atoms with Gasteiger partial charge in [-0.1, -0.05) is 15.9 Å². The third kappa shape index (κ3) is 4.21. The molecule has 1 saturated heterocycles. The Bertz CT molecular complexity index is 779. The number of rotatable bonds is 6. The Balaban J connectivity index is 2.35. The lowest BCUT2D eigenvalue weighted by atomic mass is 10.1. The normalized spacial score (nSPS) is 16.9. The first kappa shape index (κ1) is 20.3. The van der Waals surface area contributed by atoms with Crippen LogP contribution < -0.4 is 4.74 Å². The number of imide groups is 1. The molecule has 1 heterocycles. The molecular formula is C17H18BrNO6S. The number of aromatic hydroxyl groups is 1. The Hall–Kier alpha value is -2.00. The second-order valence-corrected chi connectivity index (χ2v) is 7.16. The fraction of sp³-hybridized carbons (Fsp3) is 0.353. The minimum atomic E-state index is -1.02. The van der Waals surface area contributed by atoms with Crippen LogP contribution in [0.3, 0.4) is 0 Å². The van der Waals surface area contributed by atoms with Gasteiger partial charge in [-0.25, -0.2) is 4.79 Å². The molecule has 1 aromatic rings. The van der Waals surface area contributed by atoms with Gasteiger partial charge < -0.3 is 14.6 Å². The molecule has 26 heavy (non-hydrogen) atoms. The van der Waals surface area contributed by atoms with Crippen LogP contribution in [0.1, 0.15) is 26.3 Å². The number of carbonyl (C=O) groups excluding carboxylic acids is 3.